The monoisotopic (exact) mass is 189 g/mol. The Kier molecular flexibility index (Phi) is 5.68. The molecule has 0 aliphatic heterocycles. The molecule has 0 unspecified atom stereocenters. The summed E-state index contributed by atoms with van der Waals surface area (Å²) in [5.41, 5.74) is 1.12. The van der Waals surface area contributed by atoms with Crippen LogP contribution in [0.1, 0.15) is 12.5 Å². The lowest BCUT2D eigenvalue weighted by molar-refractivity contribution is 0.625. The molecule has 1 aromatic rings. The van der Waals surface area contributed by atoms with E-state index in [2.05, 4.69) is 5.32 Å². The summed E-state index contributed by atoms with van der Waals surface area (Å²) in [7, 11) is 0. The summed E-state index contributed by atoms with van der Waals surface area (Å²) in [4.78, 5) is 0. The summed E-state index contributed by atoms with van der Waals surface area (Å²) in [6.07, 6.45) is 0. The van der Waals surface area contributed by atoms with Gasteiger partial charge >= 0.3 is 0 Å². The minimum absolute atomic E-state index is 0. The highest BCUT2D eigenvalue weighted by Crippen LogP contribution is 2.01. The first-order valence-electron chi connectivity index (χ1n) is 3.78. The lowest BCUT2D eigenvalue weighted by Crippen LogP contribution is -2.11. The van der Waals surface area contributed by atoms with Crippen molar-refractivity contribution in [3.05, 3.63) is 35.6 Å². The Morgan fingerprint density at radius 2 is 1.83 bits per heavy atom. The van der Waals surface area contributed by atoms with Gasteiger partial charge in [-0.3, -0.25) is 0 Å². The molecule has 0 fully saturated rings. The van der Waals surface area contributed by atoms with Crippen molar-refractivity contribution < 1.29 is 4.39 Å². The number of halogens is 2. The fraction of sp³-hybridized carbons (Fsp3) is 0.333. The van der Waals surface area contributed by atoms with Crippen LogP contribution in [0, 0.1) is 5.82 Å². The van der Waals surface area contributed by atoms with Crippen molar-refractivity contribution in [2.24, 2.45) is 0 Å². The van der Waals surface area contributed by atoms with E-state index in [-0.39, 0.29) is 18.2 Å². The van der Waals surface area contributed by atoms with Crippen LogP contribution in [-0.2, 0) is 6.54 Å². The molecule has 3 heteroatoms. The quantitative estimate of drug-likeness (QED) is 0.770. The van der Waals surface area contributed by atoms with E-state index in [0.717, 1.165) is 18.7 Å². The van der Waals surface area contributed by atoms with Gasteiger partial charge < -0.3 is 5.32 Å². The van der Waals surface area contributed by atoms with Gasteiger partial charge in [0.05, 0.1) is 0 Å². The van der Waals surface area contributed by atoms with E-state index in [1.54, 1.807) is 12.1 Å². The average Bonchev–Trinajstić information content (AvgIpc) is 2.04. The maximum Gasteiger partial charge on any atom is 0.123 e. The minimum atomic E-state index is -0.176. The molecule has 0 aliphatic carbocycles. The summed E-state index contributed by atoms with van der Waals surface area (Å²) < 4.78 is 12.4. The molecule has 0 atom stereocenters. The molecule has 1 rings (SSSR count). The van der Waals surface area contributed by atoms with E-state index in [1.807, 2.05) is 6.92 Å². The van der Waals surface area contributed by atoms with E-state index in [9.17, 15) is 4.39 Å². The van der Waals surface area contributed by atoms with Gasteiger partial charge in [-0.1, -0.05) is 19.1 Å². The SMILES string of the molecule is CCNCc1ccc(F)cc1.Cl. The van der Waals surface area contributed by atoms with Crippen LogP contribution < -0.4 is 5.32 Å². The number of hydrogen-bond donors (Lipinski definition) is 1. The second-order valence-corrected chi connectivity index (χ2v) is 2.41. The van der Waals surface area contributed by atoms with E-state index in [4.69, 9.17) is 0 Å². The van der Waals surface area contributed by atoms with Gasteiger partial charge in [0.2, 0.25) is 0 Å². The molecule has 0 saturated carbocycles. The lowest BCUT2D eigenvalue weighted by atomic mass is 10.2. The number of rotatable bonds is 3. The molecule has 68 valence electrons. The molecule has 0 aliphatic rings. The van der Waals surface area contributed by atoms with Gasteiger partial charge in [-0.15, -0.1) is 12.4 Å². The molecular weight excluding hydrogens is 177 g/mol. The van der Waals surface area contributed by atoms with Crippen molar-refractivity contribution in [2.45, 2.75) is 13.5 Å². The van der Waals surface area contributed by atoms with Gasteiger partial charge in [0.25, 0.3) is 0 Å². The maximum atomic E-state index is 12.4. The number of benzene rings is 1. The molecule has 0 aromatic heterocycles. The summed E-state index contributed by atoms with van der Waals surface area (Å²) in [6, 6.07) is 6.54. The first kappa shape index (κ1) is 11.4. The molecule has 1 nitrogen and oxygen atoms in total. The van der Waals surface area contributed by atoms with Crippen molar-refractivity contribution in [1.29, 1.82) is 0 Å². The Balaban J connectivity index is 0.00000121. The molecule has 0 bridgehead atoms. The zero-order chi connectivity index (χ0) is 8.10. The van der Waals surface area contributed by atoms with Crippen molar-refractivity contribution in [2.75, 3.05) is 6.54 Å². The molecule has 1 N–H and O–H groups in total. The molecule has 0 radical (unpaired) electrons. The Morgan fingerprint density at radius 3 is 2.33 bits per heavy atom. The summed E-state index contributed by atoms with van der Waals surface area (Å²) >= 11 is 0. The highest BCUT2D eigenvalue weighted by molar-refractivity contribution is 5.85. The molecular formula is C9H13ClFN. The van der Waals surface area contributed by atoms with Gasteiger partial charge in [-0.25, -0.2) is 4.39 Å². The van der Waals surface area contributed by atoms with Gasteiger partial charge in [-0.05, 0) is 24.2 Å². The fourth-order valence-electron chi connectivity index (χ4n) is 0.872. The van der Waals surface area contributed by atoms with Crippen LogP contribution in [0.3, 0.4) is 0 Å². The topological polar surface area (TPSA) is 12.0 Å². The number of nitrogens with one attached hydrogen (secondary N) is 1. The third-order valence-corrected chi connectivity index (χ3v) is 1.49. The van der Waals surface area contributed by atoms with Crippen molar-refractivity contribution in [1.82, 2.24) is 5.32 Å². The van der Waals surface area contributed by atoms with E-state index in [1.165, 1.54) is 12.1 Å². The highest BCUT2D eigenvalue weighted by Gasteiger charge is 1.90. The Bertz CT molecular complexity index is 210. The summed E-state index contributed by atoms with van der Waals surface area (Å²) in [5, 5.41) is 3.16. The first-order valence-corrected chi connectivity index (χ1v) is 3.78. The molecule has 0 saturated heterocycles. The van der Waals surface area contributed by atoms with Gasteiger partial charge in [-0.2, -0.15) is 0 Å². The summed E-state index contributed by atoms with van der Waals surface area (Å²) in [6.45, 7) is 3.80. The van der Waals surface area contributed by atoms with Gasteiger partial charge in [0, 0.05) is 6.54 Å². The Morgan fingerprint density at radius 1 is 1.25 bits per heavy atom. The van der Waals surface area contributed by atoms with E-state index in [0.29, 0.717) is 0 Å². The lowest BCUT2D eigenvalue weighted by Gasteiger charge is -2.00. The fourth-order valence-corrected chi connectivity index (χ4v) is 0.872. The summed E-state index contributed by atoms with van der Waals surface area (Å²) in [5.74, 6) is -0.176. The van der Waals surface area contributed by atoms with Crippen LogP contribution in [0.25, 0.3) is 0 Å². The highest BCUT2D eigenvalue weighted by atomic mass is 35.5. The van der Waals surface area contributed by atoms with E-state index >= 15 is 0 Å². The molecule has 0 amide bonds. The minimum Gasteiger partial charge on any atom is -0.313 e. The third-order valence-electron chi connectivity index (χ3n) is 1.49. The van der Waals surface area contributed by atoms with E-state index < -0.39 is 0 Å². The smallest absolute Gasteiger partial charge is 0.123 e. The van der Waals surface area contributed by atoms with Crippen LogP contribution in [0.5, 0.6) is 0 Å². The number of hydrogen-bond acceptors (Lipinski definition) is 1. The van der Waals surface area contributed by atoms with Gasteiger partial charge in [0.1, 0.15) is 5.82 Å². The Labute approximate surface area is 78.4 Å². The predicted octanol–water partition coefficient (Wildman–Crippen LogP) is 2.36. The zero-order valence-electron chi connectivity index (χ0n) is 7.01. The molecule has 0 spiro atoms. The van der Waals surface area contributed by atoms with Crippen LogP contribution in [0.2, 0.25) is 0 Å². The van der Waals surface area contributed by atoms with Crippen molar-refractivity contribution >= 4 is 12.4 Å². The van der Waals surface area contributed by atoms with Crippen LogP contribution >= 0.6 is 12.4 Å². The van der Waals surface area contributed by atoms with Crippen LogP contribution in [0.4, 0.5) is 4.39 Å². The van der Waals surface area contributed by atoms with Gasteiger partial charge in [0.15, 0.2) is 0 Å². The standard InChI is InChI=1S/C9H12FN.ClH/c1-2-11-7-8-3-5-9(10)6-4-8;/h3-6,11H,2,7H2,1H3;1H. The van der Waals surface area contributed by atoms with Crippen molar-refractivity contribution in [3.8, 4) is 0 Å². The van der Waals surface area contributed by atoms with Crippen LogP contribution in [0.15, 0.2) is 24.3 Å². The third kappa shape index (κ3) is 3.69. The average molecular weight is 190 g/mol. The molecule has 0 heterocycles. The first-order chi connectivity index (χ1) is 5.33. The molecule has 12 heavy (non-hydrogen) atoms. The maximum absolute atomic E-state index is 12.4. The Hall–Kier alpha value is -0.600. The molecule has 1 aromatic carbocycles. The normalized spacial score (nSPS) is 9.17. The van der Waals surface area contributed by atoms with Crippen LogP contribution in [-0.4, -0.2) is 6.54 Å². The second-order valence-electron chi connectivity index (χ2n) is 2.41. The predicted molar refractivity (Wildman–Crippen MR) is 51.0 cm³/mol. The largest absolute Gasteiger partial charge is 0.313 e. The zero-order valence-corrected chi connectivity index (χ0v) is 7.83. The van der Waals surface area contributed by atoms with Crippen molar-refractivity contribution in [3.63, 3.8) is 0 Å². The second kappa shape index (κ2) is 5.98.